The first kappa shape index (κ1) is 21.3. The Morgan fingerprint density at radius 2 is 1.93 bits per heavy atom. The quantitative estimate of drug-likeness (QED) is 0.529. The lowest BCUT2D eigenvalue weighted by molar-refractivity contribution is -0.119. The number of anilines is 2. The molecule has 0 spiro atoms. The third kappa shape index (κ3) is 5.73. The van der Waals surface area contributed by atoms with Gasteiger partial charge in [-0.3, -0.25) is 19.1 Å². The molecule has 4 N–H and O–H groups in total. The van der Waals surface area contributed by atoms with Crippen molar-refractivity contribution in [2.45, 2.75) is 39.2 Å². The summed E-state index contributed by atoms with van der Waals surface area (Å²) in [5, 5.41) is 2.85. The van der Waals surface area contributed by atoms with Gasteiger partial charge in [-0.2, -0.15) is 0 Å². The van der Waals surface area contributed by atoms with Crippen molar-refractivity contribution in [3.05, 3.63) is 56.7 Å². The van der Waals surface area contributed by atoms with E-state index in [1.807, 2.05) is 25.1 Å². The highest BCUT2D eigenvalue weighted by atomic mass is 16.2. The Labute approximate surface area is 164 Å². The van der Waals surface area contributed by atoms with Gasteiger partial charge in [0.05, 0.1) is 6.54 Å². The second-order valence-electron chi connectivity index (χ2n) is 6.79. The maximum absolute atomic E-state index is 12.2. The van der Waals surface area contributed by atoms with Crippen LogP contribution in [0.4, 0.5) is 11.5 Å². The molecule has 1 aromatic carbocycles. The van der Waals surface area contributed by atoms with Crippen molar-refractivity contribution in [1.29, 1.82) is 0 Å². The topological polar surface area (TPSA) is 113 Å². The summed E-state index contributed by atoms with van der Waals surface area (Å²) >= 11 is 0. The SMILES string of the molecule is CCCCn1c(N)c(N(C)CC(=O)NCCCc2ccccc2)c(=O)[nH]c1=O. The molecule has 0 aliphatic rings. The Balaban J connectivity index is 1.94. The number of aromatic amines is 1. The molecule has 8 heteroatoms. The van der Waals surface area contributed by atoms with Crippen LogP contribution in [0.1, 0.15) is 31.7 Å². The lowest BCUT2D eigenvalue weighted by atomic mass is 10.1. The van der Waals surface area contributed by atoms with Crippen molar-refractivity contribution < 1.29 is 4.79 Å². The van der Waals surface area contributed by atoms with Crippen molar-refractivity contribution in [1.82, 2.24) is 14.9 Å². The number of carbonyl (C=O) groups excluding carboxylic acids is 1. The molecule has 0 saturated carbocycles. The number of amides is 1. The number of H-pyrrole nitrogens is 1. The summed E-state index contributed by atoms with van der Waals surface area (Å²) in [5.41, 5.74) is 6.30. The van der Waals surface area contributed by atoms with Gasteiger partial charge in [-0.05, 0) is 24.8 Å². The Kier molecular flexibility index (Phi) is 7.86. The Hall–Kier alpha value is -3.03. The van der Waals surface area contributed by atoms with Crippen LogP contribution in [0.2, 0.25) is 0 Å². The lowest BCUT2D eigenvalue weighted by Gasteiger charge is -2.21. The molecule has 28 heavy (non-hydrogen) atoms. The number of likely N-dealkylation sites (N-methyl/N-ethyl adjacent to an activating group) is 1. The molecule has 1 heterocycles. The van der Waals surface area contributed by atoms with Crippen LogP contribution in [0, 0.1) is 0 Å². The van der Waals surface area contributed by atoms with Crippen molar-refractivity contribution in [3.8, 4) is 0 Å². The van der Waals surface area contributed by atoms with E-state index in [-0.39, 0.29) is 24.0 Å². The zero-order valence-corrected chi connectivity index (χ0v) is 16.5. The number of unbranched alkanes of at least 4 members (excludes halogenated alkanes) is 1. The maximum Gasteiger partial charge on any atom is 0.330 e. The molecule has 0 radical (unpaired) electrons. The number of aromatic nitrogens is 2. The molecule has 0 aliphatic heterocycles. The monoisotopic (exact) mass is 387 g/mol. The summed E-state index contributed by atoms with van der Waals surface area (Å²) in [7, 11) is 1.61. The zero-order valence-electron chi connectivity index (χ0n) is 16.5. The highest BCUT2D eigenvalue weighted by Crippen LogP contribution is 2.15. The fourth-order valence-electron chi connectivity index (χ4n) is 3.00. The molecule has 1 aromatic heterocycles. The molecule has 0 bridgehead atoms. The van der Waals surface area contributed by atoms with Crippen LogP contribution in [0.15, 0.2) is 39.9 Å². The minimum Gasteiger partial charge on any atom is -0.383 e. The van der Waals surface area contributed by atoms with E-state index in [9.17, 15) is 14.4 Å². The van der Waals surface area contributed by atoms with E-state index in [0.717, 1.165) is 25.7 Å². The first-order valence-corrected chi connectivity index (χ1v) is 9.58. The third-order valence-corrected chi connectivity index (χ3v) is 4.52. The van der Waals surface area contributed by atoms with Crippen molar-refractivity contribution in [3.63, 3.8) is 0 Å². The maximum atomic E-state index is 12.2. The molecule has 2 rings (SSSR count). The molecule has 8 nitrogen and oxygen atoms in total. The van der Waals surface area contributed by atoms with Gasteiger partial charge in [-0.25, -0.2) is 4.79 Å². The number of nitrogens with one attached hydrogen (secondary N) is 2. The molecule has 0 fully saturated rings. The van der Waals surface area contributed by atoms with Crippen LogP contribution in [0.5, 0.6) is 0 Å². The Morgan fingerprint density at radius 1 is 1.21 bits per heavy atom. The second kappa shape index (κ2) is 10.3. The summed E-state index contributed by atoms with van der Waals surface area (Å²) in [5.74, 6) is -0.123. The minimum atomic E-state index is -0.588. The zero-order chi connectivity index (χ0) is 20.5. The number of hydrogen-bond donors (Lipinski definition) is 3. The van der Waals surface area contributed by atoms with Gasteiger partial charge in [-0.15, -0.1) is 0 Å². The van der Waals surface area contributed by atoms with Gasteiger partial charge >= 0.3 is 5.69 Å². The van der Waals surface area contributed by atoms with E-state index in [1.165, 1.54) is 15.0 Å². The number of carbonyl (C=O) groups is 1. The highest BCUT2D eigenvalue weighted by Gasteiger charge is 2.17. The summed E-state index contributed by atoms with van der Waals surface area (Å²) in [6.07, 6.45) is 3.36. The predicted molar refractivity (Wildman–Crippen MR) is 112 cm³/mol. The summed E-state index contributed by atoms with van der Waals surface area (Å²) < 4.78 is 1.34. The number of hydrogen-bond acceptors (Lipinski definition) is 5. The molecular formula is C20H29N5O3. The standard InChI is InChI=1S/C20H29N5O3/c1-3-4-13-25-18(21)17(19(27)23-20(25)28)24(2)14-16(26)22-12-8-11-15-9-6-5-7-10-15/h5-7,9-10H,3-4,8,11-14,21H2,1-2H3,(H,22,26)(H,23,27,28). The van der Waals surface area contributed by atoms with E-state index in [1.54, 1.807) is 7.05 Å². The fraction of sp³-hybridized carbons (Fsp3) is 0.450. The Bertz CT molecular complexity index is 889. The van der Waals surface area contributed by atoms with Gasteiger partial charge in [0.1, 0.15) is 11.5 Å². The van der Waals surface area contributed by atoms with Gasteiger partial charge in [0.15, 0.2) is 0 Å². The van der Waals surface area contributed by atoms with Gasteiger partial charge < -0.3 is 16.0 Å². The fourth-order valence-corrected chi connectivity index (χ4v) is 3.00. The first-order chi connectivity index (χ1) is 13.4. The van der Waals surface area contributed by atoms with Gasteiger partial charge in [0, 0.05) is 20.1 Å². The van der Waals surface area contributed by atoms with E-state index >= 15 is 0 Å². The van der Waals surface area contributed by atoms with Crippen LogP contribution in [-0.2, 0) is 17.8 Å². The van der Waals surface area contributed by atoms with Crippen molar-refractivity contribution in [2.24, 2.45) is 0 Å². The lowest BCUT2D eigenvalue weighted by Crippen LogP contribution is -2.41. The highest BCUT2D eigenvalue weighted by molar-refractivity contribution is 5.82. The van der Waals surface area contributed by atoms with Crippen LogP contribution >= 0.6 is 0 Å². The number of rotatable bonds is 10. The average molecular weight is 387 g/mol. The van der Waals surface area contributed by atoms with Crippen molar-refractivity contribution in [2.75, 3.05) is 30.8 Å². The summed E-state index contributed by atoms with van der Waals surface area (Å²) in [6.45, 7) is 2.94. The van der Waals surface area contributed by atoms with Crippen LogP contribution < -0.4 is 27.2 Å². The van der Waals surface area contributed by atoms with Crippen LogP contribution in [0.3, 0.4) is 0 Å². The first-order valence-electron chi connectivity index (χ1n) is 9.58. The number of benzene rings is 1. The van der Waals surface area contributed by atoms with Crippen LogP contribution in [0.25, 0.3) is 0 Å². The molecule has 0 saturated heterocycles. The summed E-state index contributed by atoms with van der Waals surface area (Å²) in [4.78, 5) is 40.2. The molecule has 152 valence electrons. The smallest absolute Gasteiger partial charge is 0.330 e. The number of aryl methyl sites for hydroxylation is 1. The van der Waals surface area contributed by atoms with E-state index in [2.05, 4.69) is 22.4 Å². The molecule has 1 amide bonds. The number of nitrogen functional groups attached to an aromatic ring is 1. The number of nitrogens with zero attached hydrogens (tertiary/aromatic N) is 2. The Morgan fingerprint density at radius 3 is 2.61 bits per heavy atom. The van der Waals surface area contributed by atoms with E-state index < -0.39 is 11.2 Å². The van der Waals surface area contributed by atoms with Crippen LogP contribution in [-0.4, -0.2) is 35.6 Å². The van der Waals surface area contributed by atoms with E-state index in [4.69, 9.17) is 5.73 Å². The van der Waals surface area contributed by atoms with Gasteiger partial charge in [0.25, 0.3) is 5.56 Å². The largest absolute Gasteiger partial charge is 0.383 e. The average Bonchev–Trinajstić information content (AvgIpc) is 2.65. The molecule has 0 aliphatic carbocycles. The van der Waals surface area contributed by atoms with Crippen molar-refractivity contribution >= 4 is 17.4 Å². The third-order valence-electron chi connectivity index (χ3n) is 4.52. The molecule has 0 atom stereocenters. The van der Waals surface area contributed by atoms with E-state index in [0.29, 0.717) is 13.1 Å². The van der Waals surface area contributed by atoms with Gasteiger partial charge in [0.2, 0.25) is 5.91 Å². The van der Waals surface area contributed by atoms with Gasteiger partial charge in [-0.1, -0.05) is 43.7 Å². The minimum absolute atomic E-state index is 0.0232. The molecular weight excluding hydrogens is 358 g/mol. The normalized spacial score (nSPS) is 10.6. The molecule has 0 unspecified atom stereocenters. The molecule has 2 aromatic rings. The summed E-state index contributed by atoms with van der Waals surface area (Å²) in [6, 6.07) is 10.1. The number of nitrogens with two attached hydrogens (primary N) is 1. The second-order valence-corrected chi connectivity index (χ2v) is 6.79. The predicted octanol–water partition coefficient (Wildman–Crippen LogP) is 1.10.